The molecule has 0 saturated heterocycles. The number of rotatable bonds is 4. The lowest BCUT2D eigenvalue weighted by Gasteiger charge is -2.15. The van der Waals surface area contributed by atoms with Gasteiger partial charge >= 0.3 is 0 Å². The van der Waals surface area contributed by atoms with Gasteiger partial charge in [-0.2, -0.15) is 0 Å². The van der Waals surface area contributed by atoms with Gasteiger partial charge in [-0.05, 0) is 27.2 Å². The molecule has 3 nitrogen and oxygen atoms in total. The van der Waals surface area contributed by atoms with E-state index in [-0.39, 0.29) is 0 Å². The second-order valence-corrected chi connectivity index (χ2v) is 3.80. The number of hydrogen-bond donors (Lipinski definition) is 1. The van der Waals surface area contributed by atoms with Crippen molar-refractivity contribution in [3.8, 4) is 11.8 Å². The van der Waals surface area contributed by atoms with E-state index < -0.39 is 6.10 Å². The Morgan fingerprint density at radius 1 is 1.53 bits per heavy atom. The fourth-order valence-corrected chi connectivity index (χ4v) is 1.49. The number of aliphatic hydroxyl groups excluding tert-OH is 1. The predicted molar refractivity (Wildman–Crippen MR) is 60.3 cm³/mol. The van der Waals surface area contributed by atoms with Crippen molar-refractivity contribution < 1.29 is 5.11 Å². The van der Waals surface area contributed by atoms with Crippen molar-refractivity contribution >= 4 is 0 Å². The van der Waals surface area contributed by atoms with Gasteiger partial charge in [0.2, 0.25) is 0 Å². The van der Waals surface area contributed by atoms with Gasteiger partial charge < -0.3 is 9.67 Å². The van der Waals surface area contributed by atoms with E-state index in [1.807, 2.05) is 11.5 Å². The van der Waals surface area contributed by atoms with Gasteiger partial charge in [0.05, 0.1) is 24.3 Å². The van der Waals surface area contributed by atoms with Crippen LogP contribution in [0, 0.1) is 11.8 Å². The van der Waals surface area contributed by atoms with Crippen LogP contribution in [0.2, 0.25) is 0 Å². The van der Waals surface area contributed by atoms with Crippen LogP contribution >= 0.6 is 0 Å². The fraction of sp³-hybridized carbons (Fsp3) is 0.583. The minimum atomic E-state index is -0.462. The van der Waals surface area contributed by atoms with E-state index in [2.05, 4.69) is 30.7 Å². The molecule has 0 aliphatic rings. The monoisotopic (exact) mass is 206 g/mol. The van der Waals surface area contributed by atoms with Gasteiger partial charge in [-0.1, -0.05) is 0 Å². The Morgan fingerprint density at radius 3 is 2.87 bits per heavy atom. The highest BCUT2D eigenvalue weighted by Crippen LogP contribution is 2.20. The number of aliphatic hydroxyl groups is 1. The zero-order valence-electron chi connectivity index (χ0n) is 9.57. The molecule has 1 rings (SSSR count). The standard InChI is InChI=1S/C12H18N2O/c1-4-5-6-7-12(15)11-8-13-9-14(11)10(2)3/h8-10,12,15H,6-7H2,1-3H3. The molecule has 15 heavy (non-hydrogen) atoms. The zero-order chi connectivity index (χ0) is 11.3. The van der Waals surface area contributed by atoms with Crippen LogP contribution in [-0.4, -0.2) is 14.7 Å². The Kier molecular flexibility index (Phi) is 4.38. The molecule has 0 aromatic carbocycles. The molecule has 0 saturated carbocycles. The van der Waals surface area contributed by atoms with Crippen molar-refractivity contribution in [3.63, 3.8) is 0 Å². The first-order valence-electron chi connectivity index (χ1n) is 5.26. The number of hydrogen-bond acceptors (Lipinski definition) is 2. The van der Waals surface area contributed by atoms with Gasteiger partial charge in [0, 0.05) is 12.5 Å². The van der Waals surface area contributed by atoms with Gasteiger partial charge in [0.25, 0.3) is 0 Å². The third-order valence-corrected chi connectivity index (χ3v) is 2.31. The van der Waals surface area contributed by atoms with E-state index in [9.17, 15) is 5.11 Å². The first kappa shape index (κ1) is 11.8. The maximum atomic E-state index is 9.94. The summed E-state index contributed by atoms with van der Waals surface area (Å²) in [6.45, 7) is 5.96. The molecule has 0 fully saturated rings. The molecular formula is C12H18N2O. The van der Waals surface area contributed by atoms with Crippen LogP contribution in [0.5, 0.6) is 0 Å². The molecule has 1 aromatic rings. The summed E-state index contributed by atoms with van der Waals surface area (Å²) >= 11 is 0. The summed E-state index contributed by atoms with van der Waals surface area (Å²) in [4.78, 5) is 4.06. The normalized spacial score (nSPS) is 12.3. The molecule has 0 spiro atoms. The van der Waals surface area contributed by atoms with Crippen LogP contribution in [-0.2, 0) is 0 Å². The van der Waals surface area contributed by atoms with Crippen LogP contribution in [0.15, 0.2) is 12.5 Å². The number of imidazole rings is 1. The molecule has 0 aliphatic carbocycles. The quantitative estimate of drug-likeness (QED) is 0.768. The second kappa shape index (κ2) is 5.57. The lowest BCUT2D eigenvalue weighted by molar-refractivity contribution is 0.158. The summed E-state index contributed by atoms with van der Waals surface area (Å²) in [5, 5.41) is 9.94. The summed E-state index contributed by atoms with van der Waals surface area (Å²) in [6.07, 6.45) is 4.41. The van der Waals surface area contributed by atoms with Gasteiger partial charge in [-0.3, -0.25) is 0 Å². The molecule has 0 bridgehead atoms. The Labute approximate surface area is 91.1 Å². The van der Waals surface area contributed by atoms with E-state index >= 15 is 0 Å². The smallest absolute Gasteiger partial charge is 0.0965 e. The van der Waals surface area contributed by atoms with Gasteiger partial charge in [-0.25, -0.2) is 4.98 Å². The molecule has 82 valence electrons. The lowest BCUT2D eigenvalue weighted by atomic mass is 10.1. The van der Waals surface area contributed by atoms with E-state index in [0.29, 0.717) is 12.5 Å². The highest BCUT2D eigenvalue weighted by atomic mass is 16.3. The number of nitrogens with zero attached hydrogens (tertiary/aromatic N) is 2. The minimum absolute atomic E-state index is 0.328. The van der Waals surface area contributed by atoms with Crippen molar-refractivity contribution in [2.45, 2.75) is 45.8 Å². The third-order valence-electron chi connectivity index (χ3n) is 2.31. The summed E-state index contributed by atoms with van der Waals surface area (Å²) in [5.41, 5.74) is 0.878. The summed E-state index contributed by atoms with van der Waals surface area (Å²) in [6, 6.07) is 0.328. The zero-order valence-corrected chi connectivity index (χ0v) is 9.57. The summed E-state index contributed by atoms with van der Waals surface area (Å²) in [7, 11) is 0. The van der Waals surface area contributed by atoms with Crippen LogP contribution in [0.4, 0.5) is 0 Å². The molecule has 1 unspecified atom stereocenters. The molecule has 0 radical (unpaired) electrons. The summed E-state index contributed by atoms with van der Waals surface area (Å²) < 4.78 is 1.99. The Balaban J connectivity index is 2.67. The van der Waals surface area contributed by atoms with E-state index in [0.717, 1.165) is 12.1 Å². The largest absolute Gasteiger partial charge is 0.387 e. The lowest BCUT2D eigenvalue weighted by Crippen LogP contribution is -2.08. The van der Waals surface area contributed by atoms with Crippen LogP contribution in [0.3, 0.4) is 0 Å². The second-order valence-electron chi connectivity index (χ2n) is 3.80. The van der Waals surface area contributed by atoms with Crippen LogP contribution < -0.4 is 0 Å². The Bertz CT molecular complexity index is 357. The fourth-order valence-electron chi connectivity index (χ4n) is 1.49. The maximum absolute atomic E-state index is 9.94. The minimum Gasteiger partial charge on any atom is -0.387 e. The third kappa shape index (κ3) is 3.10. The van der Waals surface area contributed by atoms with Crippen LogP contribution in [0.25, 0.3) is 0 Å². The van der Waals surface area contributed by atoms with Crippen molar-refractivity contribution in [2.75, 3.05) is 0 Å². The van der Waals surface area contributed by atoms with Gasteiger partial charge in [-0.15, -0.1) is 11.8 Å². The average Bonchev–Trinajstić information content (AvgIpc) is 2.66. The SMILES string of the molecule is CC#CCCC(O)c1cncn1C(C)C. The van der Waals surface area contributed by atoms with Crippen molar-refractivity contribution in [1.82, 2.24) is 9.55 Å². The first-order chi connectivity index (χ1) is 7.16. The van der Waals surface area contributed by atoms with E-state index in [1.54, 1.807) is 12.5 Å². The molecule has 0 aliphatic heterocycles. The summed E-state index contributed by atoms with van der Waals surface area (Å²) in [5.74, 6) is 5.77. The first-order valence-corrected chi connectivity index (χ1v) is 5.26. The maximum Gasteiger partial charge on any atom is 0.0965 e. The molecule has 0 amide bonds. The molecule has 1 N–H and O–H groups in total. The van der Waals surface area contributed by atoms with E-state index in [4.69, 9.17) is 0 Å². The predicted octanol–water partition coefficient (Wildman–Crippen LogP) is 2.30. The van der Waals surface area contributed by atoms with Gasteiger partial charge in [0.15, 0.2) is 0 Å². The topological polar surface area (TPSA) is 38.1 Å². The highest BCUT2D eigenvalue weighted by molar-refractivity contribution is 5.05. The molecule has 3 heteroatoms. The van der Waals surface area contributed by atoms with Crippen molar-refractivity contribution in [1.29, 1.82) is 0 Å². The molecular weight excluding hydrogens is 188 g/mol. The van der Waals surface area contributed by atoms with Gasteiger partial charge in [0.1, 0.15) is 0 Å². The number of aromatic nitrogens is 2. The van der Waals surface area contributed by atoms with Crippen molar-refractivity contribution in [2.24, 2.45) is 0 Å². The van der Waals surface area contributed by atoms with Crippen molar-refractivity contribution in [3.05, 3.63) is 18.2 Å². The van der Waals surface area contributed by atoms with Crippen LogP contribution in [0.1, 0.15) is 51.5 Å². The average molecular weight is 206 g/mol. The Morgan fingerprint density at radius 2 is 2.27 bits per heavy atom. The Hall–Kier alpha value is -1.27. The van der Waals surface area contributed by atoms with E-state index in [1.165, 1.54) is 0 Å². The highest BCUT2D eigenvalue weighted by Gasteiger charge is 2.13. The molecule has 1 heterocycles. The molecule has 1 aromatic heterocycles. The molecule has 1 atom stereocenters.